The van der Waals surface area contributed by atoms with E-state index in [0.29, 0.717) is 0 Å². The van der Waals surface area contributed by atoms with Gasteiger partial charge in [-0.15, -0.1) is 0 Å². The van der Waals surface area contributed by atoms with E-state index in [2.05, 4.69) is 240 Å². The predicted molar refractivity (Wildman–Crippen MR) is 257 cm³/mol. The Balaban J connectivity index is 1.02. The third-order valence-corrected chi connectivity index (χ3v) is 12.2. The van der Waals surface area contributed by atoms with Crippen molar-refractivity contribution in [3.8, 4) is 39.1 Å². The lowest BCUT2D eigenvalue weighted by Crippen LogP contribution is -2.10. The largest absolute Gasteiger partial charge is 0.456 e. The molecule has 2 aromatic heterocycles. The molecule has 0 fully saturated rings. The minimum absolute atomic E-state index is 0.848. The predicted octanol–water partition coefficient (Wildman–Crippen LogP) is 16.3. The van der Waals surface area contributed by atoms with Crippen LogP contribution in [0.3, 0.4) is 0 Å². The Morgan fingerprint density at radius 3 is 1.66 bits per heavy atom. The summed E-state index contributed by atoms with van der Waals surface area (Å²) in [4.78, 5) is 2.33. The van der Waals surface area contributed by atoms with E-state index in [0.717, 1.165) is 61.4 Å². The van der Waals surface area contributed by atoms with Crippen LogP contribution < -0.4 is 4.90 Å². The lowest BCUT2D eigenvalue weighted by atomic mass is 9.94. The van der Waals surface area contributed by atoms with Crippen molar-refractivity contribution in [1.29, 1.82) is 0 Å². The molecule has 12 rings (SSSR count). The lowest BCUT2D eigenvalue weighted by molar-refractivity contribution is 0.669. The molecule has 0 saturated heterocycles. The van der Waals surface area contributed by atoms with Gasteiger partial charge in [0.15, 0.2) is 0 Å². The molecule has 10 aromatic carbocycles. The highest BCUT2D eigenvalue weighted by molar-refractivity contribution is 6.23. The van der Waals surface area contributed by atoms with E-state index in [9.17, 15) is 0 Å². The van der Waals surface area contributed by atoms with E-state index in [1.54, 1.807) is 0 Å². The summed E-state index contributed by atoms with van der Waals surface area (Å²) in [6, 6.07) is 82.7. The molecule has 3 heteroatoms. The molecule has 0 N–H and O–H groups in total. The molecule has 0 radical (unpaired) electrons. The molecule has 2 heterocycles. The quantitative estimate of drug-likeness (QED) is 0.161. The van der Waals surface area contributed by atoms with Crippen molar-refractivity contribution in [2.75, 3.05) is 4.90 Å². The van der Waals surface area contributed by atoms with Gasteiger partial charge in [-0.3, -0.25) is 0 Å². The van der Waals surface area contributed by atoms with Gasteiger partial charge >= 0.3 is 0 Å². The standard InChI is InChI=1S/C58H38N2O/c1-4-15-39(16-5-1)41-27-30-45(31-28-41)59(46-22-14-19-42(35-46)40-17-6-2-7-18-40)47-32-33-51-56(37-47)61-57-38-52(48-23-10-11-25-50(48)58(51)57)43-29-34-55-53(36-43)49-24-12-13-26-54(49)60(55)44-20-8-3-9-21-44/h1-38H. The monoisotopic (exact) mass is 778 g/mol. The van der Waals surface area contributed by atoms with Crippen LogP contribution in [0.2, 0.25) is 0 Å². The number of hydrogen-bond donors (Lipinski definition) is 0. The maximum absolute atomic E-state index is 6.94. The third kappa shape index (κ3) is 5.90. The van der Waals surface area contributed by atoms with E-state index in [4.69, 9.17) is 4.42 Å². The summed E-state index contributed by atoms with van der Waals surface area (Å²) in [5.74, 6) is 0. The molecule has 12 aromatic rings. The van der Waals surface area contributed by atoms with Crippen LogP contribution in [-0.2, 0) is 0 Å². The zero-order chi connectivity index (χ0) is 40.3. The van der Waals surface area contributed by atoms with Crippen molar-refractivity contribution >= 4 is 71.6 Å². The first-order chi connectivity index (χ1) is 30.2. The van der Waals surface area contributed by atoms with Crippen molar-refractivity contribution in [2.45, 2.75) is 0 Å². The Morgan fingerprint density at radius 2 is 0.885 bits per heavy atom. The number of nitrogens with zero attached hydrogens (tertiary/aromatic N) is 2. The van der Waals surface area contributed by atoms with E-state index in [1.165, 1.54) is 49.3 Å². The van der Waals surface area contributed by atoms with Crippen LogP contribution in [0.25, 0.3) is 93.6 Å². The van der Waals surface area contributed by atoms with Gasteiger partial charge in [-0.1, -0.05) is 152 Å². The van der Waals surface area contributed by atoms with E-state index < -0.39 is 0 Å². The van der Waals surface area contributed by atoms with Crippen LogP contribution in [0, 0.1) is 0 Å². The maximum Gasteiger partial charge on any atom is 0.137 e. The van der Waals surface area contributed by atoms with Gasteiger partial charge in [0.1, 0.15) is 11.2 Å². The van der Waals surface area contributed by atoms with Crippen LogP contribution >= 0.6 is 0 Å². The van der Waals surface area contributed by atoms with Crippen LogP contribution in [0.5, 0.6) is 0 Å². The number of furan rings is 1. The second-order valence-corrected chi connectivity index (χ2v) is 15.7. The van der Waals surface area contributed by atoms with Gasteiger partial charge in [-0.05, 0) is 117 Å². The normalized spacial score (nSPS) is 11.6. The van der Waals surface area contributed by atoms with Gasteiger partial charge in [-0.25, -0.2) is 0 Å². The van der Waals surface area contributed by atoms with Crippen molar-refractivity contribution < 1.29 is 4.42 Å². The summed E-state index contributed by atoms with van der Waals surface area (Å²) in [5.41, 5.74) is 15.4. The topological polar surface area (TPSA) is 21.3 Å². The summed E-state index contributed by atoms with van der Waals surface area (Å²) >= 11 is 0. The minimum Gasteiger partial charge on any atom is -0.456 e. The summed E-state index contributed by atoms with van der Waals surface area (Å²) < 4.78 is 9.31. The number of aromatic nitrogens is 1. The highest BCUT2D eigenvalue weighted by Crippen LogP contribution is 2.44. The highest BCUT2D eigenvalue weighted by atomic mass is 16.3. The molecule has 0 spiro atoms. The Hall–Kier alpha value is -8.14. The Morgan fingerprint density at radius 1 is 0.311 bits per heavy atom. The van der Waals surface area contributed by atoms with Gasteiger partial charge < -0.3 is 13.9 Å². The summed E-state index contributed by atoms with van der Waals surface area (Å²) in [5, 5.41) is 7.07. The molecule has 0 unspecified atom stereocenters. The summed E-state index contributed by atoms with van der Waals surface area (Å²) in [6.45, 7) is 0. The summed E-state index contributed by atoms with van der Waals surface area (Å²) in [6.07, 6.45) is 0. The first kappa shape index (κ1) is 34.9. The highest BCUT2D eigenvalue weighted by Gasteiger charge is 2.20. The summed E-state index contributed by atoms with van der Waals surface area (Å²) in [7, 11) is 0. The molecule has 3 nitrogen and oxygen atoms in total. The Kier molecular flexibility index (Phi) is 8.17. The van der Waals surface area contributed by atoms with Crippen molar-refractivity contribution in [3.63, 3.8) is 0 Å². The second kappa shape index (κ2) is 14.3. The lowest BCUT2D eigenvalue weighted by Gasteiger charge is -2.26. The number of fused-ring (bicyclic) bond motifs is 8. The van der Waals surface area contributed by atoms with Crippen molar-refractivity contribution in [2.24, 2.45) is 0 Å². The number of benzene rings is 10. The zero-order valence-corrected chi connectivity index (χ0v) is 33.2. The average Bonchev–Trinajstić information content (AvgIpc) is 3.88. The molecule has 0 saturated carbocycles. The van der Waals surface area contributed by atoms with Crippen molar-refractivity contribution in [3.05, 3.63) is 231 Å². The second-order valence-electron chi connectivity index (χ2n) is 15.7. The molecular weight excluding hydrogens is 741 g/mol. The molecule has 0 aliphatic carbocycles. The van der Waals surface area contributed by atoms with Crippen LogP contribution in [0.1, 0.15) is 0 Å². The molecule has 0 bridgehead atoms. The van der Waals surface area contributed by atoms with E-state index in [1.807, 2.05) is 0 Å². The van der Waals surface area contributed by atoms with E-state index >= 15 is 0 Å². The molecule has 286 valence electrons. The first-order valence-corrected chi connectivity index (χ1v) is 20.8. The van der Waals surface area contributed by atoms with Gasteiger partial charge in [-0.2, -0.15) is 0 Å². The molecule has 61 heavy (non-hydrogen) atoms. The number of anilines is 3. The molecule has 0 amide bonds. The first-order valence-electron chi connectivity index (χ1n) is 20.8. The van der Waals surface area contributed by atoms with Crippen LogP contribution in [0.4, 0.5) is 17.1 Å². The minimum atomic E-state index is 0.848. The fraction of sp³-hybridized carbons (Fsp3) is 0. The van der Waals surface area contributed by atoms with Gasteiger partial charge in [0.05, 0.1) is 11.0 Å². The fourth-order valence-corrected chi connectivity index (χ4v) is 9.34. The van der Waals surface area contributed by atoms with Crippen LogP contribution in [0.15, 0.2) is 235 Å². The maximum atomic E-state index is 6.94. The van der Waals surface area contributed by atoms with Crippen molar-refractivity contribution in [1.82, 2.24) is 4.57 Å². The molecule has 0 aliphatic heterocycles. The SMILES string of the molecule is c1ccc(-c2ccc(N(c3cccc(-c4ccccc4)c3)c3ccc4c(c3)oc3cc(-c5ccc6c(c5)c5ccccc5n6-c5ccccc5)c5ccccc5c34)cc2)cc1. The van der Waals surface area contributed by atoms with Crippen LogP contribution in [-0.4, -0.2) is 4.57 Å². The van der Waals surface area contributed by atoms with Gasteiger partial charge in [0, 0.05) is 50.4 Å². The fourth-order valence-electron chi connectivity index (χ4n) is 9.34. The Bertz CT molecular complexity index is 3570. The third-order valence-electron chi connectivity index (χ3n) is 12.2. The smallest absolute Gasteiger partial charge is 0.137 e. The average molecular weight is 779 g/mol. The van der Waals surface area contributed by atoms with E-state index in [-0.39, 0.29) is 0 Å². The molecule has 0 aliphatic rings. The van der Waals surface area contributed by atoms with Gasteiger partial charge in [0.2, 0.25) is 0 Å². The number of hydrogen-bond acceptors (Lipinski definition) is 2. The number of rotatable bonds is 7. The number of para-hydroxylation sites is 2. The zero-order valence-electron chi connectivity index (χ0n) is 33.2. The van der Waals surface area contributed by atoms with Gasteiger partial charge in [0.25, 0.3) is 0 Å². The molecule has 0 atom stereocenters. The molecular formula is C58H38N2O. The Labute approximate surface area is 353 Å².